The number of morpholine rings is 1. The molecular formula is C21H33ClIN5O. The Bertz CT molecular complexity index is 683. The number of anilines is 1. The highest BCUT2D eigenvalue weighted by Gasteiger charge is 2.32. The van der Waals surface area contributed by atoms with E-state index in [9.17, 15) is 0 Å². The molecule has 4 rings (SSSR count). The highest BCUT2D eigenvalue weighted by atomic mass is 127. The lowest BCUT2D eigenvalue weighted by Gasteiger charge is -2.38. The zero-order valence-electron chi connectivity index (χ0n) is 17.2. The van der Waals surface area contributed by atoms with Gasteiger partial charge in [0.05, 0.1) is 30.0 Å². The van der Waals surface area contributed by atoms with Crippen LogP contribution in [0.4, 0.5) is 5.69 Å². The molecule has 3 saturated heterocycles. The van der Waals surface area contributed by atoms with E-state index in [1.807, 2.05) is 18.2 Å². The minimum atomic E-state index is 0. The van der Waals surface area contributed by atoms with Gasteiger partial charge in [-0.25, -0.2) is 0 Å². The van der Waals surface area contributed by atoms with Crippen LogP contribution in [-0.2, 0) is 4.74 Å². The van der Waals surface area contributed by atoms with Crippen LogP contribution in [-0.4, -0.2) is 86.9 Å². The number of halogens is 2. The van der Waals surface area contributed by atoms with Gasteiger partial charge in [-0.2, -0.15) is 0 Å². The molecule has 0 saturated carbocycles. The fourth-order valence-electron chi connectivity index (χ4n) is 4.48. The van der Waals surface area contributed by atoms with Crippen LogP contribution in [0.5, 0.6) is 0 Å². The zero-order valence-corrected chi connectivity index (χ0v) is 20.3. The average Bonchev–Trinajstić information content (AvgIpc) is 3.20. The van der Waals surface area contributed by atoms with Crippen molar-refractivity contribution in [3.05, 3.63) is 29.3 Å². The third kappa shape index (κ3) is 5.68. The Morgan fingerprint density at radius 2 is 2.00 bits per heavy atom. The maximum absolute atomic E-state index is 6.37. The Labute approximate surface area is 196 Å². The standard InChI is InChI=1S/C21H32ClN5O.HI/c1-2-23-21(24-14-18-15-27-9-5-6-17(27)16-28-18)26-12-10-25(11-13-26)20-8-4-3-7-19(20)22;/h3-4,7-8,17-18H,2,5-6,9-16H2,1H3,(H,23,24);1H. The van der Waals surface area contributed by atoms with Crippen molar-refractivity contribution in [2.24, 2.45) is 4.99 Å². The van der Waals surface area contributed by atoms with Crippen molar-refractivity contribution >= 4 is 47.2 Å². The van der Waals surface area contributed by atoms with Gasteiger partial charge in [-0.3, -0.25) is 9.89 Å². The molecular weight excluding hydrogens is 501 g/mol. The van der Waals surface area contributed by atoms with Crippen LogP contribution >= 0.6 is 35.6 Å². The monoisotopic (exact) mass is 533 g/mol. The first-order valence-electron chi connectivity index (χ1n) is 10.6. The van der Waals surface area contributed by atoms with E-state index in [1.54, 1.807) is 0 Å². The Morgan fingerprint density at radius 1 is 1.21 bits per heavy atom. The van der Waals surface area contributed by atoms with Gasteiger partial charge in [0.15, 0.2) is 5.96 Å². The van der Waals surface area contributed by atoms with Crippen molar-refractivity contribution < 1.29 is 4.74 Å². The van der Waals surface area contributed by atoms with Gasteiger partial charge in [-0.15, -0.1) is 24.0 Å². The van der Waals surface area contributed by atoms with Crippen molar-refractivity contribution in [2.75, 3.05) is 63.9 Å². The number of fused-ring (bicyclic) bond motifs is 1. The molecule has 0 spiro atoms. The lowest BCUT2D eigenvalue weighted by Crippen LogP contribution is -2.53. The molecule has 1 aromatic carbocycles. The van der Waals surface area contributed by atoms with Gasteiger partial charge < -0.3 is 19.9 Å². The highest BCUT2D eigenvalue weighted by Crippen LogP contribution is 2.26. The Kier molecular flexibility index (Phi) is 8.70. The molecule has 2 unspecified atom stereocenters. The van der Waals surface area contributed by atoms with Gasteiger partial charge in [0, 0.05) is 45.3 Å². The number of guanidine groups is 1. The van der Waals surface area contributed by atoms with Gasteiger partial charge >= 0.3 is 0 Å². The third-order valence-corrected chi connectivity index (χ3v) is 6.33. The topological polar surface area (TPSA) is 43.3 Å². The predicted molar refractivity (Wildman–Crippen MR) is 131 cm³/mol. The van der Waals surface area contributed by atoms with E-state index in [2.05, 4.69) is 33.0 Å². The first-order chi connectivity index (χ1) is 13.7. The summed E-state index contributed by atoms with van der Waals surface area (Å²) in [6.07, 6.45) is 2.81. The SMILES string of the molecule is CCNC(=NCC1CN2CCCC2CO1)N1CCN(c2ccccc2Cl)CC1.I. The highest BCUT2D eigenvalue weighted by molar-refractivity contribution is 14.0. The van der Waals surface area contributed by atoms with E-state index in [0.717, 1.165) is 69.1 Å². The summed E-state index contributed by atoms with van der Waals surface area (Å²) in [6.45, 7) is 10.6. The minimum Gasteiger partial charge on any atom is -0.373 e. The Morgan fingerprint density at radius 3 is 2.76 bits per heavy atom. The summed E-state index contributed by atoms with van der Waals surface area (Å²) in [5.74, 6) is 1.01. The largest absolute Gasteiger partial charge is 0.373 e. The minimum absolute atomic E-state index is 0. The molecule has 1 N–H and O–H groups in total. The molecule has 3 aliphatic rings. The molecule has 0 aromatic heterocycles. The molecule has 0 amide bonds. The Hall–Kier alpha value is -0.770. The number of ether oxygens (including phenoxy) is 1. The molecule has 0 radical (unpaired) electrons. The number of piperazine rings is 1. The lowest BCUT2D eigenvalue weighted by molar-refractivity contribution is -0.0432. The fraction of sp³-hybridized carbons (Fsp3) is 0.667. The molecule has 0 bridgehead atoms. The van der Waals surface area contributed by atoms with E-state index in [0.29, 0.717) is 6.04 Å². The molecule has 3 aliphatic heterocycles. The van der Waals surface area contributed by atoms with Crippen LogP contribution in [0.3, 0.4) is 0 Å². The van der Waals surface area contributed by atoms with Gasteiger partial charge in [-0.1, -0.05) is 23.7 Å². The number of hydrogen-bond acceptors (Lipinski definition) is 4. The van der Waals surface area contributed by atoms with Crippen LogP contribution < -0.4 is 10.2 Å². The second kappa shape index (κ2) is 11.0. The number of rotatable bonds is 4. The fourth-order valence-corrected chi connectivity index (χ4v) is 4.73. The maximum Gasteiger partial charge on any atom is 0.194 e. The van der Waals surface area contributed by atoms with E-state index in [-0.39, 0.29) is 30.1 Å². The first-order valence-corrected chi connectivity index (χ1v) is 11.0. The van der Waals surface area contributed by atoms with Gasteiger partial charge in [-0.05, 0) is 38.4 Å². The van der Waals surface area contributed by atoms with E-state index in [1.165, 1.54) is 19.4 Å². The maximum atomic E-state index is 6.37. The second-order valence-corrected chi connectivity index (χ2v) is 8.27. The molecule has 29 heavy (non-hydrogen) atoms. The summed E-state index contributed by atoms with van der Waals surface area (Å²) < 4.78 is 6.08. The number of para-hydroxylation sites is 1. The number of nitrogens with zero attached hydrogens (tertiary/aromatic N) is 4. The van der Waals surface area contributed by atoms with Crippen molar-refractivity contribution in [2.45, 2.75) is 31.9 Å². The van der Waals surface area contributed by atoms with Crippen LogP contribution in [0.2, 0.25) is 5.02 Å². The van der Waals surface area contributed by atoms with Crippen LogP contribution in [0, 0.1) is 0 Å². The quantitative estimate of drug-likeness (QED) is 0.366. The van der Waals surface area contributed by atoms with Crippen LogP contribution in [0.1, 0.15) is 19.8 Å². The normalized spacial score (nSPS) is 25.5. The molecule has 6 nitrogen and oxygen atoms in total. The van der Waals surface area contributed by atoms with Crippen LogP contribution in [0.15, 0.2) is 29.3 Å². The van der Waals surface area contributed by atoms with E-state index < -0.39 is 0 Å². The van der Waals surface area contributed by atoms with Crippen molar-refractivity contribution in [3.8, 4) is 0 Å². The van der Waals surface area contributed by atoms with Crippen LogP contribution in [0.25, 0.3) is 0 Å². The van der Waals surface area contributed by atoms with E-state index >= 15 is 0 Å². The van der Waals surface area contributed by atoms with Gasteiger partial charge in [0.1, 0.15) is 0 Å². The molecule has 3 fully saturated rings. The van der Waals surface area contributed by atoms with Gasteiger partial charge in [0.25, 0.3) is 0 Å². The van der Waals surface area contributed by atoms with Crippen molar-refractivity contribution in [3.63, 3.8) is 0 Å². The van der Waals surface area contributed by atoms with Gasteiger partial charge in [0.2, 0.25) is 0 Å². The van der Waals surface area contributed by atoms with Crippen molar-refractivity contribution in [1.29, 1.82) is 0 Å². The molecule has 0 aliphatic carbocycles. The number of hydrogen-bond donors (Lipinski definition) is 1. The third-order valence-electron chi connectivity index (χ3n) is 6.01. The Balaban J connectivity index is 0.00000240. The zero-order chi connectivity index (χ0) is 19.3. The number of benzene rings is 1. The number of nitrogens with one attached hydrogen (secondary N) is 1. The molecule has 3 heterocycles. The molecule has 162 valence electrons. The second-order valence-electron chi connectivity index (χ2n) is 7.87. The summed E-state index contributed by atoms with van der Waals surface area (Å²) >= 11 is 6.37. The summed E-state index contributed by atoms with van der Waals surface area (Å²) in [5, 5.41) is 4.29. The summed E-state index contributed by atoms with van der Waals surface area (Å²) in [6, 6.07) is 8.74. The van der Waals surface area contributed by atoms with E-state index in [4.69, 9.17) is 21.3 Å². The predicted octanol–water partition coefficient (Wildman–Crippen LogP) is 2.91. The first kappa shape index (κ1) is 22.9. The molecule has 1 aromatic rings. The lowest BCUT2D eigenvalue weighted by atomic mass is 10.2. The van der Waals surface area contributed by atoms with Crippen molar-refractivity contribution in [1.82, 2.24) is 15.1 Å². The summed E-state index contributed by atoms with van der Waals surface area (Å²) in [7, 11) is 0. The molecule has 2 atom stereocenters. The average molecular weight is 534 g/mol. The summed E-state index contributed by atoms with van der Waals surface area (Å²) in [4.78, 5) is 12.2. The smallest absolute Gasteiger partial charge is 0.194 e. The number of aliphatic imine (C=N–C) groups is 1. The summed E-state index contributed by atoms with van der Waals surface area (Å²) in [5.41, 5.74) is 1.13. The molecule has 8 heteroatoms.